The van der Waals surface area contributed by atoms with E-state index in [4.69, 9.17) is 15.2 Å². The molecule has 0 saturated heterocycles. The standard InChI is InChI=1S/C14H14FN3O4S/c1-21-13-8-12(14(22-2)7-11(13)16)18-17-9-4-3-5-10(6-9)23(15,19)20/h3-8H,16H2,1-2H3/b18-17+. The Morgan fingerprint density at radius 1 is 1.04 bits per heavy atom. The molecule has 9 heteroatoms. The van der Waals surface area contributed by atoms with Gasteiger partial charge < -0.3 is 15.2 Å². The first-order chi connectivity index (χ1) is 10.8. The average molecular weight is 339 g/mol. The van der Waals surface area contributed by atoms with E-state index in [1.54, 1.807) is 0 Å². The second-order valence-corrected chi connectivity index (χ2v) is 5.75. The van der Waals surface area contributed by atoms with Crippen LogP contribution in [0.15, 0.2) is 51.5 Å². The van der Waals surface area contributed by atoms with Crippen LogP contribution in [0.4, 0.5) is 20.9 Å². The van der Waals surface area contributed by atoms with Crippen LogP contribution in [0, 0.1) is 0 Å². The van der Waals surface area contributed by atoms with Crippen molar-refractivity contribution in [1.29, 1.82) is 0 Å². The second-order valence-electron chi connectivity index (χ2n) is 4.40. The average Bonchev–Trinajstić information content (AvgIpc) is 2.52. The lowest BCUT2D eigenvalue weighted by molar-refractivity contribution is 0.406. The van der Waals surface area contributed by atoms with Crippen molar-refractivity contribution in [1.82, 2.24) is 0 Å². The van der Waals surface area contributed by atoms with Crippen LogP contribution in [0.5, 0.6) is 11.5 Å². The molecule has 2 rings (SSSR count). The van der Waals surface area contributed by atoms with Gasteiger partial charge in [-0.2, -0.15) is 13.5 Å². The summed E-state index contributed by atoms with van der Waals surface area (Å²) in [5.74, 6) is 0.751. The van der Waals surface area contributed by atoms with Gasteiger partial charge in [0.25, 0.3) is 0 Å². The van der Waals surface area contributed by atoms with E-state index in [0.29, 0.717) is 22.9 Å². The SMILES string of the molecule is COc1cc(/N=N/c2cccc(S(=O)(=O)F)c2)c(OC)cc1N. The van der Waals surface area contributed by atoms with E-state index >= 15 is 0 Å². The Balaban J connectivity index is 2.41. The number of hydrogen-bond donors (Lipinski definition) is 1. The quantitative estimate of drug-likeness (QED) is 0.511. The normalized spacial score (nSPS) is 11.6. The summed E-state index contributed by atoms with van der Waals surface area (Å²) in [6.07, 6.45) is 0. The third kappa shape index (κ3) is 3.95. The fourth-order valence-electron chi connectivity index (χ4n) is 1.79. The number of nitrogens with zero attached hydrogens (tertiary/aromatic N) is 2. The zero-order valence-electron chi connectivity index (χ0n) is 12.4. The molecule has 23 heavy (non-hydrogen) atoms. The smallest absolute Gasteiger partial charge is 0.332 e. The third-order valence-electron chi connectivity index (χ3n) is 2.90. The number of rotatable bonds is 5. The van der Waals surface area contributed by atoms with Crippen LogP contribution in [0.25, 0.3) is 0 Å². The molecule has 0 aliphatic heterocycles. The number of nitrogen functional groups attached to an aromatic ring is 1. The predicted octanol–water partition coefficient (Wildman–Crippen LogP) is 3.36. The maximum Gasteiger partial charge on any atom is 0.332 e. The molecule has 2 N–H and O–H groups in total. The van der Waals surface area contributed by atoms with Gasteiger partial charge in [0.05, 0.1) is 25.6 Å². The minimum absolute atomic E-state index is 0.168. The number of halogens is 1. The van der Waals surface area contributed by atoms with Gasteiger partial charge in [-0.15, -0.1) is 9.00 Å². The van der Waals surface area contributed by atoms with Gasteiger partial charge in [-0.1, -0.05) is 6.07 Å². The van der Waals surface area contributed by atoms with Gasteiger partial charge in [-0.05, 0) is 18.2 Å². The van der Waals surface area contributed by atoms with Crippen LogP contribution in [0.2, 0.25) is 0 Å². The van der Waals surface area contributed by atoms with E-state index in [1.165, 1.54) is 38.5 Å². The van der Waals surface area contributed by atoms with Crippen LogP contribution in [-0.4, -0.2) is 22.6 Å². The van der Waals surface area contributed by atoms with Crippen molar-refractivity contribution >= 4 is 27.3 Å². The molecule has 2 aromatic rings. The van der Waals surface area contributed by atoms with Crippen molar-refractivity contribution in [3.63, 3.8) is 0 Å². The first-order valence-electron chi connectivity index (χ1n) is 6.33. The van der Waals surface area contributed by atoms with E-state index in [9.17, 15) is 12.3 Å². The highest BCUT2D eigenvalue weighted by Gasteiger charge is 2.12. The van der Waals surface area contributed by atoms with Gasteiger partial charge in [0.1, 0.15) is 22.1 Å². The highest BCUT2D eigenvalue weighted by atomic mass is 32.3. The van der Waals surface area contributed by atoms with E-state index < -0.39 is 15.1 Å². The number of benzene rings is 2. The summed E-state index contributed by atoms with van der Waals surface area (Å²) in [6, 6.07) is 8.09. The van der Waals surface area contributed by atoms with Crippen LogP contribution in [-0.2, 0) is 10.2 Å². The summed E-state index contributed by atoms with van der Waals surface area (Å²) in [4.78, 5) is -0.490. The first kappa shape index (κ1) is 16.7. The molecule has 0 bridgehead atoms. The fourth-order valence-corrected chi connectivity index (χ4v) is 2.29. The van der Waals surface area contributed by atoms with Gasteiger partial charge in [0.15, 0.2) is 0 Å². The molecule has 2 aromatic carbocycles. The molecule has 7 nitrogen and oxygen atoms in total. The Labute approximate surface area is 132 Å². The van der Waals surface area contributed by atoms with Crippen molar-refractivity contribution in [3.05, 3.63) is 36.4 Å². The molecule has 0 saturated carbocycles. The van der Waals surface area contributed by atoms with Gasteiger partial charge in [0.2, 0.25) is 0 Å². The molecule has 0 aliphatic carbocycles. The van der Waals surface area contributed by atoms with Crippen molar-refractivity contribution < 1.29 is 21.8 Å². The van der Waals surface area contributed by atoms with E-state index in [2.05, 4.69) is 10.2 Å². The number of anilines is 1. The van der Waals surface area contributed by atoms with Crippen molar-refractivity contribution in [2.24, 2.45) is 10.2 Å². The van der Waals surface area contributed by atoms with Crippen LogP contribution in [0.1, 0.15) is 0 Å². The Morgan fingerprint density at radius 2 is 1.74 bits per heavy atom. The summed E-state index contributed by atoms with van der Waals surface area (Å²) in [7, 11) is -1.91. The van der Waals surface area contributed by atoms with E-state index in [-0.39, 0.29) is 5.69 Å². The summed E-state index contributed by atoms with van der Waals surface area (Å²) >= 11 is 0. The van der Waals surface area contributed by atoms with Crippen LogP contribution in [0.3, 0.4) is 0 Å². The fraction of sp³-hybridized carbons (Fsp3) is 0.143. The summed E-state index contributed by atoms with van der Waals surface area (Å²) < 4.78 is 45.0. The minimum Gasteiger partial charge on any atom is -0.495 e. The molecule has 0 aromatic heterocycles. The molecule has 0 unspecified atom stereocenters. The molecule has 0 aliphatic rings. The number of ether oxygens (including phenoxy) is 2. The van der Waals surface area contributed by atoms with Crippen molar-refractivity contribution in [3.8, 4) is 11.5 Å². The third-order valence-corrected chi connectivity index (χ3v) is 3.72. The van der Waals surface area contributed by atoms with Gasteiger partial charge in [-0.3, -0.25) is 0 Å². The predicted molar refractivity (Wildman–Crippen MR) is 82.9 cm³/mol. The largest absolute Gasteiger partial charge is 0.495 e. The van der Waals surface area contributed by atoms with Crippen molar-refractivity contribution in [2.75, 3.05) is 20.0 Å². The second kappa shape index (κ2) is 6.61. The zero-order chi connectivity index (χ0) is 17.0. The minimum atomic E-state index is -4.80. The molecular formula is C14H14FN3O4S. The van der Waals surface area contributed by atoms with E-state index in [0.717, 1.165) is 12.1 Å². The molecule has 0 fully saturated rings. The van der Waals surface area contributed by atoms with Gasteiger partial charge in [0, 0.05) is 12.1 Å². The summed E-state index contributed by atoms with van der Waals surface area (Å²) in [5, 5.41) is 7.85. The molecule has 0 heterocycles. The Bertz CT molecular complexity index is 853. The molecular weight excluding hydrogens is 325 g/mol. The molecule has 0 atom stereocenters. The van der Waals surface area contributed by atoms with E-state index in [1.807, 2.05) is 0 Å². The lowest BCUT2D eigenvalue weighted by atomic mass is 10.2. The van der Waals surface area contributed by atoms with Crippen LogP contribution < -0.4 is 15.2 Å². The molecule has 0 spiro atoms. The number of hydrogen-bond acceptors (Lipinski definition) is 7. The van der Waals surface area contributed by atoms with Crippen LogP contribution >= 0.6 is 0 Å². The topological polar surface area (TPSA) is 103 Å². The lowest BCUT2D eigenvalue weighted by Gasteiger charge is -2.09. The first-order valence-corrected chi connectivity index (χ1v) is 7.71. The Kier molecular flexibility index (Phi) is 4.80. The Hall–Kier alpha value is -2.68. The maximum atomic E-state index is 13.0. The summed E-state index contributed by atoms with van der Waals surface area (Å²) in [5.41, 5.74) is 6.63. The maximum absolute atomic E-state index is 13.0. The molecule has 122 valence electrons. The molecule has 0 radical (unpaired) electrons. The lowest BCUT2D eigenvalue weighted by Crippen LogP contribution is -1.94. The zero-order valence-corrected chi connectivity index (χ0v) is 13.2. The Morgan fingerprint density at radius 3 is 2.35 bits per heavy atom. The summed E-state index contributed by atoms with van der Waals surface area (Å²) in [6.45, 7) is 0. The van der Waals surface area contributed by atoms with Crippen molar-refractivity contribution in [2.45, 2.75) is 4.90 Å². The van der Waals surface area contributed by atoms with Gasteiger partial charge >= 0.3 is 10.2 Å². The molecule has 0 amide bonds. The highest BCUT2D eigenvalue weighted by molar-refractivity contribution is 7.86. The number of azo groups is 1. The monoisotopic (exact) mass is 339 g/mol. The number of nitrogens with two attached hydrogens (primary N) is 1. The van der Waals surface area contributed by atoms with Gasteiger partial charge in [-0.25, -0.2) is 0 Å². The highest BCUT2D eigenvalue weighted by Crippen LogP contribution is 2.37. The number of methoxy groups -OCH3 is 2.